The molecule has 47 heavy (non-hydrogen) atoms. The van der Waals surface area contributed by atoms with Crippen LogP contribution in [0.1, 0.15) is 86.4 Å². The lowest BCUT2D eigenvalue weighted by atomic mass is 9.75. The van der Waals surface area contributed by atoms with Crippen LogP contribution >= 0.6 is 0 Å². The van der Waals surface area contributed by atoms with Crippen LogP contribution in [0.25, 0.3) is 10.8 Å². The maximum atomic E-state index is 13.1. The molecular weight excluding hydrogens is 600 g/mol. The first-order valence-electron chi connectivity index (χ1n) is 16.3. The second-order valence-corrected chi connectivity index (χ2v) is 12.4. The molecule has 1 aliphatic carbocycles. The van der Waals surface area contributed by atoms with Crippen LogP contribution in [0, 0.1) is 17.8 Å². The fraction of sp³-hybridized carbons (Fsp3) is 0.421. The summed E-state index contributed by atoms with van der Waals surface area (Å²) in [6.07, 6.45) is 6.36. The third kappa shape index (κ3) is 10.7. The zero-order valence-electron chi connectivity index (χ0n) is 27.4. The Balaban J connectivity index is 1.23. The van der Waals surface area contributed by atoms with Crippen LogP contribution in [0.4, 0.5) is 4.79 Å². The van der Waals surface area contributed by atoms with E-state index in [-0.39, 0.29) is 30.2 Å². The molecule has 0 amide bonds. The molecule has 1 fully saturated rings. The van der Waals surface area contributed by atoms with E-state index >= 15 is 0 Å². The lowest BCUT2D eigenvalue weighted by molar-refractivity contribution is -0.137. The Labute approximate surface area is 276 Å². The lowest BCUT2D eigenvalue weighted by Gasteiger charge is -2.36. The molecule has 4 rings (SSSR count). The number of fused-ring (bicyclic) bond motifs is 1. The van der Waals surface area contributed by atoms with Gasteiger partial charge < -0.3 is 23.7 Å². The normalized spacial score (nSPS) is 17.5. The van der Waals surface area contributed by atoms with Crippen LogP contribution < -0.4 is 9.47 Å². The maximum absolute atomic E-state index is 13.1. The van der Waals surface area contributed by atoms with Gasteiger partial charge >= 0.3 is 24.1 Å². The molecule has 3 aromatic rings. The van der Waals surface area contributed by atoms with Gasteiger partial charge in [0.2, 0.25) is 0 Å². The molecule has 1 aliphatic rings. The molecular formula is C38H44O9. The minimum Gasteiger partial charge on any atom is -0.463 e. The Morgan fingerprint density at radius 2 is 1.34 bits per heavy atom. The van der Waals surface area contributed by atoms with E-state index < -0.39 is 18.1 Å². The van der Waals surface area contributed by atoms with E-state index in [4.69, 9.17) is 23.7 Å². The van der Waals surface area contributed by atoms with Gasteiger partial charge in [-0.15, -0.1) is 0 Å². The number of ether oxygens (including phenoxy) is 5. The SMILES string of the molecule is C=CC(=O)OCCCCCCOC(=O)Oc1ccc(OC(=O)c2ccc3cc(C(=O)OC4CC(C)CCC4C(C)C)ccc3c2)cc1. The highest BCUT2D eigenvalue weighted by Crippen LogP contribution is 2.36. The first-order valence-corrected chi connectivity index (χ1v) is 16.3. The van der Waals surface area contributed by atoms with Crippen LogP contribution in [0.5, 0.6) is 11.5 Å². The van der Waals surface area contributed by atoms with Crippen LogP contribution in [0.3, 0.4) is 0 Å². The van der Waals surface area contributed by atoms with Crippen LogP contribution in [0.15, 0.2) is 73.3 Å². The summed E-state index contributed by atoms with van der Waals surface area (Å²) in [5, 5.41) is 1.60. The molecule has 0 N–H and O–H groups in total. The Bertz CT molecular complexity index is 1540. The van der Waals surface area contributed by atoms with E-state index in [9.17, 15) is 19.2 Å². The predicted octanol–water partition coefficient (Wildman–Crippen LogP) is 8.48. The molecule has 1 saturated carbocycles. The molecule has 0 bridgehead atoms. The minimum atomic E-state index is -0.828. The van der Waals surface area contributed by atoms with E-state index in [1.807, 2.05) is 0 Å². The Morgan fingerprint density at radius 1 is 0.766 bits per heavy atom. The van der Waals surface area contributed by atoms with Crippen molar-refractivity contribution >= 4 is 34.8 Å². The molecule has 9 nitrogen and oxygen atoms in total. The number of hydrogen-bond donors (Lipinski definition) is 0. The van der Waals surface area contributed by atoms with Gasteiger partial charge in [0.1, 0.15) is 17.6 Å². The van der Waals surface area contributed by atoms with Gasteiger partial charge in [-0.25, -0.2) is 19.2 Å². The van der Waals surface area contributed by atoms with Crippen molar-refractivity contribution in [3.63, 3.8) is 0 Å². The van der Waals surface area contributed by atoms with Crippen molar-refractivity contribution in [1.29, 1.82) is 0 Å². The summed E-state index contributed by atoms with van der Waals surface area (Å²) in [5.74, 6) is 0.576. The summed E-state index contributed by atoms with van der Waals surface area (Å²) >= 11 is 0. The standard InChI is InChI=1S/C38H44O9/c1-5-35(39)43-20-8-6-7-9-21-44-38(42)46-32-17-15-31(16-18-32)45-36(40)29-13-11-28-24-30(14-12-27(28)23-29)37(41)47-34-22-26(4)10-19-33(34)25(2)3/h5,11-18,23-26,33-34H,1,6-10,19-22H2,2-4H3. The highest BCUT2D eigenvalue weighted by Gasteiger charge is 2.33. The topological polar surface area (TPSA) is 114 Å². The van der Waals surface area contributed by atoms with Crippen LogP contribution in [-0.2, 0) is 19.0 Å². The molecule has 0 aromatic heterocycles. The van der Waals surface area contributed by atoms with Crippen molar-refractivity contribution in [2.45, 2.75) is 71.8 Å². The molecule has 3 aromatic carbocycles. The summed E-state index contributed by atoms with van der Waals surface area (Å²) in [6, 6.07) is 16.5. The van der Waals surface area contributed by atoms with Gasteiger partial charge in [0.05, 0.1) is 24.3 Å². The quantitative estimate of drug-likeness (QED) is 0.0425. The van der Waals surface area contributed by atoms with Crippen molar-refractivity contribution in [2.75, 3.05) is 13.2 Å². The van der Waals surface area contributed by atoms with Gasteiger partial charge in [-0.1, -0.05) is 45.9 Å². The lowest BCUT2D eigenvalue weighted by Crippen LogP contribution is -2.35. The fourth-order valence-corrected chi connectivity index (χ4v) is 5.77. The summed E-state index contributed by atoms with van der Waals surface area (Å²) < 4.78 is 26.7. The van der Waals surface area contributed by atoms with E-state index in [1.165, 1.54) is 24.3 Å². The number of carbonyl (C=O) groups excluding carboxylic acids is 4. The van der Waals surface area contributed by atoms with Crippen molar-refractivity contribution in [2.24, 2.45) is 17.8 Å². The van der Waals surface area contributed by atoms with Gasteiger partial charge in [0.15, 0.2) is 0 Å². The van der Waals surface area contributed by atoms with Gasteiger partial charge in [-0.2, -0.15) is 0 Å². The summed E-state index contributed by atoms with van der Waals surface area (Å²) in [7, 11) is 0. The van der Waals surface area contributed by atoms with Crippen molar-refractivity contribution in [1.82, 2.24) is 0 Å². The second-order valence-electron chi connectivity index (χ2n) is 12.4. The van der Waals surface area contributed by atoms with E-state index in [0.717, 1.165) is 55.4 Å². The number of benzene rings is 3. The number of esters is 3. The Morgan fingerprint density at radius 3 is 1.94 bits per heavy atom. The summed E-state index contributed by atoms with van der Waals surface area (Å²) in [4.78, 5) is 48.9. The van der Waals surface area contributed by atoms with Crippen molar-refractivity contribution < 1.29 is 42.9 Å². The van der Waals surface area contributed by atoms with Crippen molar-refractivity contribution in [3.8, 4) is 11.5 Å². The molecule has 0 saturated heterocycles. The second kappa shape index (κ2) is 17.3. The molecule has 3 unspecified atom stereocenters. The first-order chi connectivity index (χ1) is 22.6. The van der Waals surface area contributed by atoms with E-state index in [0.29, 0.717) is 41.9 Å². The van der Waals surface area contributed by atoms with Gasteiger partial charge in [-0.3, -0.25) is 0 Å². The maximum Gasteiger partial charge on any atom is 0.513 e. The average molecular weight is 645 g/mol. The monoisotopic (exact) mass is 644 g/mol. The van der Waals surface area contributed by atoms with Gasteiger partial charge in [0.25, 0.3) is 0 Å². The molecule has 0 aliphatic heterocycles. The highest BCUT2D eigenvalue weighted by molar-refractivity contribution is 5.99. The van der Waals surface area contributed by atoms with Gasteiger partial charge in [-0.05, 0) is 116 Å². The van der Waals surface area contributed by atoms with Gasteiger partial charge in [0, 0.05) is 6.08 Å². The van der Waals surface area contributed by atoms with Crippen molar-refractivity contribution in [3.05, 3.63) is 84.4 Å². The Kier molecular flexibility index (Phi) is 13.0. The third-order valence-electron chi connectivity index (χ3n) is 8.44. The fourth-order valence-electron chi connectivity index (χ4n) is 5.77. The zero-order valence-corrected chi connectivity index (χ0v) is 27.4. The summed E-state index contributed by atoms with van der Waals surface area (Å²) in [6.45, 7) is 10.5. The van der Waals surface area contributed by atoms with Crippen LogP contribution in [-0.4, -0.2) is 43.4 Å². The summed E-state index contributed by atoms with van der Waals surface area (Å²) in [5.41, 5.74) is 0.839. The average Bonchev–Trinajstić information content (AvgIpc) is 3.06. The molecule has 9 heteroatoms. The molecule has 0 spiro atoms. The first kappa shape index (κ1) is 35.2. The largest absolute Gasteiger partial charge is 0.513 e. The van der Waals surface area contributed by atoms with E-state index in [2.05, 4.69) is 27.4 Å². The molecule has 3 atom stereocenters. The Hall–Kier alpha value is -4.66. The zero-order chi connectivity index (χ0) is 33.8. The highest BCUT2D eigenvalue weighted by atomic mass is 16.7. The van der Waals surface area contributed by atoms with Crippen LogP contribution in [0.2, 0.25) is 0 Å². The molecule has 250 valence electrons. The number of hydrogen-bond acceptors (Lipinski definition) is 9. The number of carbonyl (C=O) groups is 4. The smallest absolute Gasteiger partial charge is 0.463 e. The minimum absolute atomic E-state index is 0.0798. The number of unbranched alkanes of at least 4 members (excludes halogenated alkanes) is 3. The van der Waals surface area contributed by atoms with E-state index in [1.54, 1.807) is 36.4 Å². The molecule has 0 radical (unpaired) electrons. The number of rotatable bonds is 14. The predicted molar refractivity (Wildman–Crippen MR) is 177 cm³/mol. The third-order valence-corrected chi connectivity index (χ3v) is 8.44. The molecule has 0 heterocycles.